The van der Waals surface area contributed by atoms with Gasteiger partial charge < -0.3 is 5.11 Å². The normalized spacial score (nSPS) is 14.7. The lowest BCUT2D eigenvalue weighted by atomic mass is 9.84. The highest BCUT2D eigenvalue weighted by molar-refractivity contribution is 6.31. The fourth-order valence-electron chi connectivity index (χ4n) is 1.48. The Morgan fingerprint density at radius 3 is 2.67 bits per heavy atom. The van der Waals surface area contributed by atoms with E-state index in [9.17, 15) is 5.11 Å². The van der Waals surface area contributed by atoms with Crippen LogP contribution in [-0.2, 0) is 6.42 Å². The number of halogens is 1. The molecule has 1 N–H and O–H groups in total. The lowest BCUT2D eigenvalue weighted by Gasteiger charge is -2.23. The van der Waals surface area contributed by atoms with Gasteiger partial charge in [0.25, 0.3) is 0 Å². The summed E-state index contributed by atoms with van der Waals surface area (Å²) in [5.74, 6) is 0. The molecular weight excluding hydrogens is 208 g/mol. The molecule has 0 spiro atoms. The van der Waals surface area contributed by atoms with Crippen LogP contribution in [0.5, 0.6) is 0 Å². The van der Waals surface area contributed by atoms with Gasteiger partial charge in [-0.2, -0.15) is 0 Å². The molecule has 0 aliphatic heterocycles. The number of aryl methyl sites for hydroxylation is 1. The van der Waals surface area contributed by atoms with Crippen LogP contribution in [0.25, 0.3) is 0 Å². The molecule has 82 valence electrons. The maximum atomic E-state index is 9.27. The minimum Gasteiger partial charge on any atom is -0.395 e. The molecule has 0 saturated carbocycles. The van der Waals surface area contributed by atoms with Crippen LogP contribution in [0.15, 0.2) is 30.9 Å². The molecule has 1 atom stereocenters. The van der Waals surface area contributed by atoms with E-state index in [0.717, 1.165) is 17.0 Å². The van der Waals surface area contributed by atoms with Crippen molar-refractivity contribution in [3.63, 3.8) is 0 Å². The SMILES string of the molecule is C=CC(C)(CO)Cc1ccc(Cl)c(C)c1. The summed E-state index contributed by atoms with van der Waals surface area (Å²) in [6.45, 7) is 7.84. The largest absolute Gasteiger partial charge is 0.395 e. The Morgan fingerprint density at radius 2 is 2.20 bits per heavy atom. The van der Waals surface area contributed by atoms with Gasteiger partial charge in [0, 0.05) is 10.4 Å². The maximum absolute atomic E-state index is 9.27. The van der Waals surface area contributed by atoms with Crippen LogP contribution in [-0.4, -0.2) is 11.7 Å². The zero-order valence-corrected chi connectivity index (χ0v) is 10.0. The Balaban J connectivity index is 2.89. The van der Waals surface area contributed by atoms with Gasteiger partial charge in [0.1, 0.15) is 0 Å². The quantitative estimate of drug-likeness (QED) is 0.778. The average Bonchev–Trinajstić information content (AvgIpc) is 2.23. The van der Waals surface area contributed by atoms with E-state index in [4.69, 9.17) is 11.6 Å². The number of aliphatic hydroxyl groups is 1. The summed E-state index contributed by atoms with van der Waals surface area (Å²) < 4.78 is 0. The third-order valence-corrected chi connectivity index (χ3v) is 3.11. The molecule has 0 fully saturated rings. The van der Waals surface area contributed by atoms with Gasteiger partial charge in [-0.05, 0) is 30.5 Å². The fourth-order valence-corrected chi connectivity index (χ4v) is 1.59. The maximum Gasteiger partial charge on any atom is 0.0522 e. The Morgan fingerprint density at radius 1 is 1.53 bits per heavy atom. The minimum atomic E-state index is -0.250. The van der Waals surface area contributed by atoms with Crippen molar-refractivity contribution in [1.29, 1.82) is 0 Å². The Hall–Kier alpha value is -0.790. The van der Waals surface area contributed by atoms with Gasteiger partial charge in [0.2, 0.25) is 0 Å². The van der Waals surface area contributed by atoms with Crippen LogP contribution >= 0.6 is 11.6 Å². The molecule has 1 nitrogen and oxygen atoms in total. The van der Waals surface area contributed by atoms with Crippen LogP contribution in [0.4, 0.5) is 0 Å². The van der Waals surface area contributed by atoms with Crippen LogP contribution in [0.2, 0.25) is 5.02 Å². The van der Waals surface area contributed by atoms with E-state index in [0.29, 0.717) is 0 Å². The first-order valence-electron chi connectivity index (χ1n) is 5.00. The van der Waals surface area contributed by atoms with E-state index >= 15 is 0 Å². The van der Waals surface area contributed by atoms with Crippen molar-refractivity contribution in [2.24, 2.45) is 5.41 Å². The number of hydrogen-bond acceptors (Lipinski definition) is 1. The minimum absolute atomic E-state index is 0.109. The van der Waals surface area contributed by atoms with Gasteiger partial charge in [-0.25, -0.2) is 0 Å². The van der Waals surface area contributed by atoms with E-state index in [1.165, 1.54) is 5.56 Å². The summed E-state index contributed by atoms with van der Waals surface area (Å²) in [6, 6.07) is 5.94. The molecule has 0 saturated heterocycles. The number of rotatable bonds is 4. The van der Waals surface area contributed by atoms with E-state index in [1.54, 1.807) is 6.08 Å². The van der Waals surface area contributed by atoms with E-state index in [-0.39, 0.29) is 12.0 Å². The molecule has 0 amide bonds. The fraction of sp³-hybridized carbons (Fsp3) is 0.385. The summed E-state index contributed by atoms with van der Waals surface area (Å²) in [7, 11) is 0. The molecule has 0 aliphatic carbocycles. The van der Waals surface area contributed by atoms with E-state index < -0.39 is 0 Å². The molecule has 0 heterocycles. The molecule has 1 rings (SSSR count). The molecule has 1 unspecified atom stereocenters. The standard InChI is InChI=1S/C13H17ClO/c1-4-13(3,9-15)8-11-5-6-12(14)10(2)7-11/h4-7,15H,1,8-9H2,2-3H3. The molecule has 0 bridgehead atoms. The lowest BCUT2D eigenvalue weighted by molar-refractivity contribution is 0.184. The molecule has 0 aromatic heterocycles. The third kappa shape index (κ3) is 3.08. The van der Waals surface area contributed by atoms with Gasteiger partial charge in [0.05, 0.1) is 6.61 Å². The summed E-state index contributed by atoms with van der Waals surface area (Å²) in [5.41, 5.74) is 1.99. The van der Waals surface area contributed by atoms with Crippen molar-refractivity contribution in [3.05, 3.63) is 47.0 Å². The second kappa shape index (κ2) is 4.82. The highest BCUT2D eigenvalue weighted by Gasteiger charge is 2.19. The summed E-state index contributed by atoms with van der Waals surface area (Å²) in [5, 5.41) is 10.1. The second-order valence-electron chi connectivity index (χ2n) is 4.28. The van der Waals surface area contributed by atoms with Crippen LogP contribution in [0.1, 0.15) is 18.1 Å². The molecule has 15 heavy (non-hydrogen) atoms. The monoisotopic (exact) mass is 224 g/mol. The predicted octanol–water partition coefficient (Wildman–Crippen LogP) is 3.38. The first-order valence-corrected chi connectivity index (χ1v) is 5.38. The van der Waals surface area contributed by atoms with Crippen LogP contribution in [0.3, 0.4) is 0 Å². The Bertz CT molecular complexity index is 360. The van der Waals surface area contributed by atoms with Crippen LogP contribution < -0.4 is 0 Å². The Kier molecular flexibility index (Phi) is 3.95. The second-order valence-corrected chi connectivity index (χ2v) is 4.68. The third-order valence-electron chi connectivity index (χ3n) is 2.68. The number of aliphatic hydroxyl groups excluding tert-OH is 1. The van der Waals surface area contributed by atoms with Crippen molar-refractivity contribution >= 4 is 11.6 Å². The topological polar surface area (TPSA) is 20.2 Å². The van der Waals surface area contributed by atoms with Gasteiger partial charge in [-0.1, -0.05) is 36.7 Å². The molecule has 2 heteroatoms. The number of benzene rings is 1. The van der Waals surface area contributed by atoms with Crippen molar-refractivity contribution in [2.45, 2.75) is 20.3 Å². The lowest BCUT2D eigenvalue weighted by Crippen LogP contribution is -2.21. The smallest absolute Gasteiger partial charge is 0.0522 e. The van der Waals surface area contributed by atoms with Crippen molar-refractivity contribution in [3.8, 4) is 0 Å². The zero-order valence-electron chi connectivity index (χ0n) is 9.26. The van der Waals surface area contributed by atoms with Gasteiger partial charge in [0.15, 0.2) is 0 Å². The molecule has 1 aromatic carbocycles. The molecular formula is C13H17ClO. The van der Waals surface area contributed by atoms with E-state index in [2.05, 4.69) is 12.6 Å². The molecule has 0 radical (unpaired) electrons. The van der Waals surface area contributed by atoms with Crippen molar-refractivity contribution < 1.29 is 5.11 Å². The summed E-state index contributed by atoms with van der Waals surface area (Å²) in [6.07, 6.45) is 2.59. The van der Waals surface area contributed by atoms with Gasteiger partial charge in [-0.3, -0.25) is 0 Å². The van der Waals surface area contributed by atoms with E-state index in [1.807, 2.05) is 26.0 Å². The molecule has 1 aromatic rings. The molecule has 0 aliphatic rings. The highest BCUT2D eigenvalue weighted by atomic mass is 35.5. The predicted molar refractivity (Wildman–Crippen MR) is 65.3 cm³/mol. The zero-order chi connectivity index (χ0) is 11.5. The van der Waals surface area contributed by atoms with Crippen molar-refractivity contribution in [2.75, 3.05) is 6.61 Å². The van der Waals surface area contributed by atoms with Gasteiger partial charge in [-0.15, -0.1) is 6.58 Å². The average molecular weight is 225 g/mol. The van der Waals surface area contributed by atoms with Crippen molar-refractivity contribution in [1.82, 2.24) is 0 Å². The summed E-state index contributed by atoms with van der Waals surface area (Å²) in [4.78, 5) is 0. The number of hydrogen-bond donors (Lipinski definition) is 1. The first-order chi connectivity index (χ1) is 7.00. The summed E-state index contributed by atoms with van der Waals surface area (Å²) >= 11 is 5.95. The first kappa shape index (κ1) is 12.3. The Labute approximate surface area is 96.4 Å². The van der Waals surface area contributed by atoms with Crippen LogP contribution in [0, 0.1) is 12.3 Å². The van der Waals surface area contributed by atoms with Gasteiger partial charge >= 0.3 is 0 Å². The highest BCUT2D eigenvalue weighted by Crippen LogP contribution is 2.25.